The van der Waals surface area contributed by atoms with Crippen molar-refractivity contribution in [2.75, 3.05) is 19.0 Å². The molecule has 1 aliphatic heterocycles. The molecule has 0 aliphatic carbocycles. The highest BCUT2D eigenvalue weighted by Crippen LogP contribution is 2.26. The number of hydrogen-bond donors (Lipinski definition) is 5. The fourth-order valence-corrected chi connectivity index (χ4v) is 3.62. The average Bonchev–Trinajstić information content (AvgIpc) is 3.34. The molecule has 6 N–H and O–H groups in total. The van der Waals surface area contributed by atoms with Gasteiger partial charge in [0.1, 0.15) is 23.6 Å². The van der Waals surface area contributed by atoms with Gasteiger partial charge in [0.2, 0.25) is 5.91 Å². The van der Waals surface area contributed by atoms with Gasteiger partial charge >= 0.3 is 0 Å². The van der Waals surface area contributed by atoms with E-state index in [1.54, 1.807) is 7.05 Å². The van der Waals surface area contributed by atoms with Crippen molar-refractivity contribution in [1.29, 1.82) is 0 Å². The Morgan fingerprint density at radius 2 is 1.89 bits per heavy atom. The summed E-state index contributed by atoms with van der Waals surface area (Å²) >= 11 is 0. The number of nitrogens with zero attached hydrogens (tertiary/aromatic N) is 3. The molecule has 0 unspecified atom stereocenters. The summed E-state index contributed by atoms with van der Waals surface area (Å²) in [5.41, 5.74) is 9.42. The van der Waals surface area contributed by atoms with Gasteiger partial charge in [-0.1, -0.05) is 36.4 Å². The second-order valence-corrected chi connectivity index (χ2v) is 7.79. The first-order valence-corrected chi connectivity index (χ1v) is 11.0. The molecule has 3 aromatic rings. The van der Waals surface area contributed by atoms with Gasteiger partial charge in [-0.3, -0.25) is 9.59 Å². The number of amides is 2. The number of carbonyl (C=O) groups is 2. The second-order valence-electron chi connectivity index (χ2n) is 7.79. The van der Waals surface area contributed by atoms with Crippen molar-refractivity contribution >= 4 is 23.5 Å². The molecule has 0 spiro atoms. The number of benzene rings is 2. The Balaban J connectivity index is 1.31. The number of ether oxygens (including phenoxy) is 1. The third kappa shape index (κ3) is 6.09. The molecule has 11 heteroatoms. The lowest BCUT2D eigenvalue weighted by Gasteiger charge is -2.09. The molecule has 2 aromatic carbocycles. The first kappa shape index (κ1) is 23.6. The molecule has 11 nitrogen and oxygen atoms in total. The van der Waals surface area contributed by atoms with E-state index in [9.17, 15) is 9.59 Å². The summed E-state index contributed by atoms with van der Waals surface area (Å²) in [4.78, 5) is 33.1. The number of fused-ring (bicyclic) bond motifs is 1. The minimum atomic E-state index is -0.383. The highest BCUT2D eigenvalue weighted by Gasteiger charge is 2.15. The maximum atomic E-state index is 12.6. The maximum absolute atomic E-state index is 12.6. The van der Waals surface area contributed by atoms with E-state index in [0.717, 1.165) is 34.4 Å². The van der Waals surface area contributed by atoms with Crippen LogP contribution in [0.5, 0.6) is 5.75 Å². The monoisotopic (exact) mass is 474 g/mol. The van der Waals surface area contributed by atoms with E-state index in [2.05, 4.69) is 36.6 Å². The highest BCUT2D eigenvalue weighted by atomic mass is 16.5. The second kappa shape index (κ2) is 11.1. The molecule has 0 saturated carbocycles. The largest absolute Gasteiger partial charge is 0.493 e. The van der Waals surface area contributed by atoms with Crippen LogP contribution in [0.3, 0.4) is 0 Å². The van der Waals surface area contributed by atoms with Crippen molar-refractivity contribution in [3.63, 3.8) is 0 Å². The summed E-state index contributed by atoms with van der Waals surface area (Å²) in [6.07, 6.45) is 2.28. The zero-order valence-electron chi connectivity index (χ0n) is 19.2. The van der Waals surface area contributed by atoms with E-state index in [4.69, 9.17) is 10.6 Å². The van der Waals surface area contributed by atoms with E-state index in [-0.39, 0.29) is 29.7 Å². The lowest BCUT2D eigenvalue weighted by atomic mass is 10.1. The molecular formula is C24H26N8O3. The topological polar surface area (TPSA) is 156 Å². The number of aromatic nitrogens is 2. The first-order valence-electron chi connectivity index (χ1n) is 11.0. The molecule has 4 rings (SSSR count). The third-order valence-electron chi connectivity index (χ3n) is 5.34. The highest BCUT2D eigenvalue weighted by molar-refractivity contribution is 5.98. The number of anilines is 1. The van der Waals surface area contributed by atoms with Gasteiger partial charge in [-0.15, -0.1) is 0 Å². The summed E-state index contributed by atoms with van der Waals surface area (Å²) < 4.78 is 5.50. The van der Waals surface area contributed by atoms with Crippen molar-refractivity contribution in [2.24, 2.45) is 10.9 Å². The summed E-state index contributed by atoms with van der Waals surface area (Å²) in [6, 6.07) is 14.6. The number of carbonyl (C=O) groups excluding carboxylic acids is 2. The molecule has 0 atom stereocenters. The molecule has 1 aromatic heterocycles. The third-order valence-corrected chi connectivity index (χ3v) is 5.34. The zero-order chi connectivity index (χ0) is 24.6. The molecule has 180 valence electrons. The fraction of sp³-hybridized carbons (Fsp3) is 0.208. The standard InChI is InChI=1S/C24H26N8O3/c1-26-32-23(31-25)17-5-2-15(3-6-17)13-27-24(34)19-12-21(29-14-28-19)30-22(33)11-16-4-7-20-18(10-16)8-9-35-20/h2-7,10,12,14,26H,8-9,11,13,25H2,1H3,(H,27,34)(H,31,32)(H,28,29,30,33). The SMILES string of the molecule is CNN/C(=N\N)c1ccc(CNC(=O)c2cc(NC(=O)Cc3ccc4c(c3)CCO4)ncn2)cc1. The fourth-order valence-electron chi connectivity index (χ4n) is 3.62. The quantitative estimate of drug-likeness (QED) is 0.139. The number of nitrogens with one attached hydrogen (secondary N) is 4. The van der Waals surface area contributed by atoms with Crippen molar-refractivity contribution in [3.05, 3.63) is 82.8 Å². The van der Waals surface area contributed by atoms with Gasteiger partial charge in [-0.05, 0) is 22.8 Å². The predicted octanol–water partition coefficient (Wildman–Crippen LogP) is 0.867. The Labute approximate surface area is 202 Å². The molecule has 0 saturated heterocycles. The lowest BCUT2D eigenvalue weighted by molar-refractivity contribution is -0.115. The van der Waals surface area contributed by atoms with E-state index in [1.807, 2.05) is 42.5 Å². The maximum Gasteiger partial charge on any atom is 0.270 e. The number of amidine groups is 1. The summed E-state index contributed by atoms with van der Waals surface area (Å²) in [5, 5.41) is 9.22. The van der Waals surface area contributed by atoms with Crippen LogP contribution in [0.4, 0.5) is 5.82 Å². The number of rotatable bonds is 8. The Morgan fingerprint density at radius 1 is 1.09 bits per heavy atom. The molecule has 0 bridgehead atoms. The van der Waals surface area contributed by atoms with Crippen LogP contribution in [0.2, 0.25) is 0 Å². The zero-order valence-corrected chi connectivity index (χ0v) is 19.2. The molecule has 1 aliphatic rings. The number of hydrogen-bond acceptors (Lipinski definition) is 8. The van der Waals surface area contributed by atoms with E-state index in [0.29, 0.717) is 19.0 Å². The normalized spacial score (nSPS) is 12.4. The van der Waals surface area contributed by atoms with Gasteiger partial charge in [0, 0.05) is 31.6 Å². The van der Waals surface area contributed by atoms with Gasteiger partial charge in [-0.25, -0.2) is 15.4 Å². The van der Waals surface area contributed by atoms with Crippen LogP contribution >= 0.6 is 0 Å². The van der Waals surface area contributed by atoms with Gasteiger partial charge in [0.25, 0.3) is 5.91 Å². The van der Waals surface area contributed by atoms with Gasteiger partial charge < -0.3 is 26.6 Å². The summed E-state index contributed by atoms with van der Waals surface area (Å²) in [7, 11) is 1.71. The van der Waals surface area contributed by atoms with Crippen molar-refractivity contribution in [3.8, 4) is 5.75 Å². The van der Waals surface area contributed by atoms with Crippen molar-refractivity contribution < 1.29 is 14.3 Å². The van der Waals surface area contributed by atoms with Crippen molar-refractivity contribution in [1.82, 2.24) is 26.1 Å². The number of nitrogens with two attached hydrogens (primary N) is 1. The Morgan fingerprint density at radius 3 is 2.66 bits per heavy atom. The minimum Gasteiger partial charge on any atom is -0.493 e. The Bertz CT molecular complexity index is 1240. The summed E-state index contributed by atoms with van der Waals surface area (Å²) in [6.45, 7) is 0.960. The molecule has 0 fully saturated rings. The minimum absolute atomic E-state index is 0.150. The van der Waals surface area contributed by atoms with Gasteiger partial charge in [0.05, 0.1) is 13.0 Å². The molecule has 35 heavy (non-hydrogen) atoms. The van der Waals surface area contributed by atoms with Crippen LogP contribution in [-0.4, -0.2) is 41.3 Å². The van der Waals surface area contributed by atoms with Crippen LogP contribution in [0, 0.1) is 0 Å². The van der Waals surface area contributed by atoms with Crippen LogP contribution in [0.25, 0.3) is 0 Å². The average molecular weight is 475 g/mol. The van der Waals surface area contributed by atoms with E-state index < -0.39 is 0 Å². The number of hydrazine groups is 1. The molecular weight excluding hydrogens is 448 g/mol. The number of hydrazone groups is 1. The van der Waals surface area contributed by atoms with Crippen LogP contribution in [0.15, 0.2) is 60.0 Å². The Hall–Kier alpha value is -4.51. The predicted molar refractivity (Wildman–Crippen MR) is 131 cm³/mol. The molecule has 2 heterocycles. The van der Waals surface area contributed by atoms with Gasteiger partial charge in [-0.2, -0.15) is 5.10 Å². The smallest absolute Gasteiger partial charge is 0.270 e. The Kier molecular flexibility index (Phi) is 7.48. The van der Waals surface area contributed by atoms with Gasteiger partial charge in [0.15, 0.2) is 5.84 Å². The molecule has 2 amide bonds. The van der Waals surface area contributed by atoms with E-state index in [1.165, 1.54) is 12.4 Å². The van der Waals surface area contributed by atoms with Crippen LogP contribution in [0.1, 0.15) is 32.7 Å². The van der Waals surface area contributed by atoms with Crippen molar-refractivity contribution in [2.45, 2.75) is 19.4 Å². The summed E-state index contributed by atoms with van der Waals surface area (Å²) in [5.74, 6) is 6.38. The first-order chi connectivity index (χ1) is 17.1. The lowest BCUT2D eigenvalue weighted by Crippen LogP contribution is -2.35. The molecule has 0 radical (unpaired) electrons. The van der Waals surface area contributed by atoms with Crippen LogP contribution < -0.4 is 32.1 Å². The van der Waals surface area contributed by atoms with E-state index >= 15 is 0 Å². The van der Waals surface area contributed by atoms with Crippen LogP contribution in [-0.2, 0) is 24.2 Å².